The van der Waals surface area contributed by atoms with Gasteiger partial charge in [-0.25, -0.2) is 8.42 Å². The van der Waals surface area contributed by atoms with Gasteiger partial charge in [-0.05, 0) is 12.8 Å². The molecule has 0 rings (SSSR count). The Morgan fingerprint density at radius 1 is 1.23 bits per heavy atom. The zero-order valence-corrected chi connectivity index (χ0v) is 11.1. The molecule has 13 heavy (non-hydrogen) atoms. The van der Waals surface area contributed by atoms with Crippen molar-refractivity contribution in [3.05, 3.63) is 11.5 Å². The van der Waals surface area contributed by atoms with E-state index in [2.05, 4.69) is 6.92 Å². The molecule has 0 radical (unpaired) electrons. The minimum absolute atomic E-state index is 0. The Bertz CT molecular complexity index is 222. The molecule has 0 N–H and O–H groups in total. The van der Waals surface area contributed by atoms with Crippen molar-refractivity contribution in [3.8, 4) is 0 Å². The van der Waals surface area contributed by atoms with E-state index in [1.165, 1.54) is 6.08 Å². The first kappa shape index (κ1) is 16.1. The molecule has 0 aliphatic carbocycles. The van der Waals surface area contributed by atoms with Crippen LogP contribution in [0.4, 0.5) is 0 Å². The van der Waals surface area contributed by atoms with Crippen LogP contribution in [0.1, 0.15) is 39.0 Å². The van der Waals surface area contributed by atoms with Gasteiger partial charge in [0.05, 0.1) is 0 Å². The van der Waals surface area contributed by atoms with Crippen LogP contribution in [0.5, 0.6) is 0 Å². The van der Waals surface area contributed by atoms with E-state index in [-0.39, 0.29) is 29.6 Å². The first-order chi connectivity index (χ1) is 5.56. The molecule has 0 spiro atoms. The molecule has 0 unspecified atom stereocenters. The number of rotatable bonds is 6. The summed E-state index contributed by atoms with van der Waals surface area (Å²) >= 11 is 0. The van der Waals surface area contributed by atoms with E-state index in [0.717, 1.165) is 31.1 Å². The van der Waals surface area contributed by atoms with Crippen LogP contribution < -0.4 is 29.6 Å². The second-order valence-electron chi connectivity index (χ2n) is 2.71. The largest absolute Gasteiger partial charge is 1.00 e. The minimum Gasteiger partial charge on any atom is -0.744 e. The van der Waals surface area contributed by atoms with E-state index in [1.54, 1.807) is 0 Å². The summed E-state index contributed by atoms with van der Waals surface area (Å²) in [6, 6.07) is 0. The first-order valence-corrected chi connectivity index (χ1v) is 5.66. The van der Waals surface area contributed by atoms with Crippen molar-refractivity contribution in [3.63, 3.8) is 0 Å². The van der Waals surface area contributed by atoms with Crippen LogP contribution in [0.3, 0.4) is 0 Å². The van der Waals surface area contributed by atoms with E-state index in [1.807, 2.05) is 0 Å². The third-order valence-electron chi connectivity index (χ3n) is 1.49. The average Bonchev–Trinajstić information content (AvgIpc) is 1.94. The van der Waals surface area contributed by atoms with Gasteiger partial charge in [0.15, 0.2) is 0 Å². The SMILES string of the molecule is CCCCCC/C=C/S(=O)(=O)[O-].[Na+]. The van der Waals surface area contributed by atoms with Gasteiger partial charge in [0, 0.05) is 5.41 Å². The van der Waals surface area contributed by atoms with Gasteiger partial charge in [-0.15, -0.1) is 0 Å². The summed E-state index contributed by atoms with van der Waals surface area (Å²) in [4.78, 5) is 0. The number of hydrogen-bond acceptors (Lipinski definition) is 3. The van der Waals surface area contributed by atoms with Gasteiger partial charge in [0.25, 0.3) is 0 Å². The molecule has 0 bridgehead atoms. The number of hydrogen-bond donors (Lipinski definition) is 0. The van der Waals surface area contributed by atoms with Crippen molar-refractivity contribution in [2.75, 3.05) is 0 Å². The van der Waals surface area contributed by atoms with Gasteiger partial charge < -0.3 is 4.55 Å². The van der Waals surface area contributed by atoms with Crippen LogP contribution >= 0.6 is 0 Å². The van der Waals surface area contributed by atoms with E-state index < -0.39 is 10.1 Å². The second kappa shape index (κ2) is 9.21. The maximum absolute atomic E-state index is 10.1. The number of unbranched alkanes of at least 4 members (excludes halogenated alkanes) is 4. The number of allylic oxidation sites excluding steroid dienone is 1. The van der Waals surface area contributed by atoms with Gasteiger partial charge in [0.1, 0.15) is 10.1 Å². The summed E-state index contributed by atoms with van der Waals surface area (Å²) in [5.74, 6) is 0. The summed E-state index contributed by atoms with van der Waals surface area (Å²) in [6.07, 6.45) is 6.49. The van der Waals surface area contributed by atoms with Gasteiger partial charge in [-0.3, -0.25) is 0 Å². The van der Waals surface area contributed by atoms with E-state index in [0.29, 0.717) is 6.42 Å². The molecule has 0 aromatic rings. The molecule has 0 heterocycles. The fraction of sp³-hybridized carbons (Fsp3) is 0.750. The summed E-state index contributed by atoms with van der Waals surface area (Å²) in [7, 11) is -4.15. The first-order valence-electron chi connectivity index (χ1n) is 4.18. The van der Waals surface area contributed by atoms with E-state index in [4.69, 9.17) is 0 Å². The molecule has 0 aromatic heterocycles. The van der Waals surface area contributed by atoms with Gasteiger partial charge in [-0.1, -0.05) is 32.3 Å². The predicted molar refractivity (Wildman–Crippen MR) is 47.6 cm³/mol. The molecule has 0 aromatic carbocycles. The Morgan fingerprint density at radius 2 is 1.85 bits per heavy atom. The molecular weight excluding hydrogens is 199 g/mol. The minimum atomic E-state index is -4.15. The third-order valence-corrected chi connectivity index (χ3v) is 2.01. The fourth-order valence-electron chi connectivity index (χ4n) is 0.875. The molecule has 0 saturated carbocycles. The normalized spacial score (nSPS) is 11.5. The monoisotopic (exact) mass is 214 g/mol. The molecule has 0 fully saturated rings. The zero-order chi connectivity index (χ0) is 9.45. The van der Waals surface area contributed by atoms with Crippen molar-refractivity contribution in [2.45, 2.75) is 39.0 Å². The predicted octanol–water partition coefficient (Wildman–Crippen LogP) is -0.980. The summed E-state index contributed by atoms with van der Waals surface area (Å²) in [5.41, 5.74) is 0. The average molecular weight is 214 g/mol. The van der Waals surface area contributed by atoms with Crippen LogP contribution in [-0.4, -0.2) is 13.0 Å². The summed E-state index contributed by atoms with van der Waals surface area (Å²) < 4.78 is 30.2. The molecule has 0 saturated heterocycles. The van der Waals surface area contributed by atoms with Gasteiger partial charge in [0.2, 0.25) is 0 Å². The zero-order valence-electron chi connectivity index (χ0n) is 8.32. The van der Waals surface area contributed by atoms with Crippen LogP contribution in [0.2, 0.25) is 0 Å². The molecule has 3 nitrogen and oxygen atoms in total. The molecule has 72 valence electrons. The van der Waals surface area contributed by atoms with Crippen LogP contribution in [-0.2, 0) is 10.1 Å². The smallest absolute Gasteiger partial charge is 0.744 e. The van der Waals surface area contributed by atoms with Crippen LogP contribution in [0.25, 0.3) is 0 Å². The topological polar surface area (TPSA) is 57.2 Å². The van der Waals surface area contributed by atoms with Crippen molar-refractivity contribution in [2.24, 2.45) is 0 Å². The van der Waals surface area contributed by atoms with Crippen molar-refractivity contribution >= 4 is 10.1 Å². The van der Waals surface area contributed by atoms with E-state index in [9.17, 15) is 13.0 Å². The Morgan fingerprint density at radius 3 is 2.31 bits per heavy atom. The Hall–Kier alpha value is 0.650. The van der Waals surface area contributed by atoms with Crippen molar-refractivity contribution in [1.82, 2.24) is 0 Å². The van der Waals surface area contributed by atoms with Gasteiger partial charge in [-0.2, -0.15) is 0 Å². The van der Waals surface area contributed by atoms with Crippen LogP contribution in [0, 0.1) is 0 Å². The Labute approximate surface area is 103 Å². The summed E-state index contributed by atoms with van der Waals surface area (Å²) in [6.45, 7) is 2.11. The molecule has 0 aliphatic heterocycles. The van der Waals surface area contributed by atoms with Crippen molar-refractivity contribution < 1.29 is 42.5 Å². The third kappa shape index (κ3) is 15.4. The summed E-state index contributed by atoms with van der Waals surface area (Å²) in [5, 5.41) is 0.735. The van der Waals surface area contributed by atoms with Crippen molar-refractivity contribution in [1.29, 1.82) is 0 Å². The standard InChI is InChI=1S/C8H16O3S.Na/c1-2-3-4-5-6-7-8-12(9,10)11;/h7-8H,2-6H2,1H3,(H,9,10,11);/q;+1/p-1/b8-7+;. The fourth-order valence-corrected chi connectivity index (χ4v) is 1.25. The molecular formula is C8H15NaO3S. The van der Waals surface area contributed by atoms with Gasteiger partial charge >= 0.3 is 29.6 Å². The van der Waals surface area contributed by atoms with E-state index >= 15 is 0 Å². The second-order valence-corrected chi connectivity index (χ2v) is 3.97. The molecule has 0 atom stereocenters. The van der Waals surface area contributed by atoms with Crippen LogP contribution in [0.15, 0.2) is 11.5 Å². The molecule has 0 amide bonds. The Kier molecular flexibility index (Phi) is 11.4. The maximum atomic E-state index is 10.1. The molecule has 0 aliphatic rings. The quantitative estimate of drug-likeness (QED) is 0.324. The molecule has 5 heteroatoms. The maximum Gasteiger partial charge on any atom is 1.00 e. The Balaban J connectivity index is 0.